The highest BCUT2D eigenvalue weighted by molar-refractivity contribution is 6.30. The van der Waals surface area contributed by atoms with E-state index in [1.54, 1.807) is 0 Å². The van der Waals surface area contributed by atoms with E-state index in [-0.39, 0.29) is 0 Å². The minimum absolute atomic E-state index is 0.375. The van der Waals surface area contributed by atoms with Crippen LogP contribution < -0.4 is 5.32 Å². The predicted molar refractivity (Wildman–Crippen MR) is 64.7 cm³/mol. The molecule has 1 aliphatic carbocycles. The van der Waals surface area contributed by atoms with Crippen LogP contribution in [0.25, 0.3) is 0 Å². The number of hydrogen-bond donors (Lipinski definition) is 1. The van der Waals surface area contributed by atoms with Crippen molar-refractivity contribution in [3.8, 4) is 0 Å². The molecule has 0 aromatic heterocycles. The zero-order valence-corrected chi connectivity index (χ0v) is 9.77. The molecule has 1 aromatic carbocycles. The highest BCUT2D eigenvalue weighted by Crippen LogP contribution is 2.51. The minimum atomic E-state index is 0.375. The molecular weight excluding hydrogens is 206 g/mol. The van der Waals surface area contributed by atoms with E-state index in [9.17, 15) is 0 Å². The Hall–Kier alpha value is -0.690. The van der Waals surface area contributed by atoms with Crippen molar-refractivity contribution in [2.75, 3.05) is 5.32 Å². The number of hydrogen-bond acceptors (Lipinski definition) is 1. The van der Waals surface area contributed by atoms with Crippen LogP contribution in [0.4, 0.5) is 5.69 Å². The average Bonchev–Trinajstić information content (AvgIpc) is 2.78. The molecule has 80 valence electrons. The van der Waals surface area contributed by atoms with Crippen LogP contribution in [0.5, 0.6) is 0 Å². The van der Waals surface area contributed by atoms with Crippen LogP contribution in [0.15, 0.2) is 18.2 Å². The van der Waals surface area contributed by atoms with Crippen molar-refractivity contribution >= 4 is 17.3 Å². The number of anilines is 1. The van der Waals surface area contributed by atoms with Crippen molar-refractivity contribution in [1.29, 1.82) is 0 Å². The summed E-state index contributed by atoms with van der Waals surface area (Å²) in [6.45, 7) is 2.30. The van der Waals surface area contributed by atoms with Crippen molar-refractivity contribution in [1.82, 2.24) is 0 Å². The van der Waals surface area contributed by atoms with Crippen LogP contribution in [-0.4, -0.2) is 6.04 Å². The fourth-order valence-corrected chi connectivity index (χ4v) is 3.54. The fraction of sp³-hybridized carbons (Fsp3) is 0.538. The van der Waals surface area contributed by atoms with Crippen LogP contribution in [0.2, 0.25) is 5.02 Å². The van der Waals surface area contributed by atoms with Gasteiger partial charge in [-0.2, -0.15) is 0 Å². The summed E-state index contributed by atoms with van der Waals surface area (Å²) in [5.74, 6) is 0. The molecular formula is C13H16ClN. The van der Waals surface area contributed by atoms with Gasteiger partial charge in [-0.15, -0.1) is 0 Å². The Kier molecular flexibility index (Phi) is 2.00. The Bertz CT molecular complexity index is 394. The molecule has 1 aliphatic heterocycles. The highest BCUT2D eigenvalue weighted by Gasteiger charge is 2.46. The standard InChI is InChI=1S/C13H16ClN/c1-9-13(6-2-3-7-13)11-8-10(14)4-5-12(11)15-9/h4-5,8-9,15H,2-3,6-7H2,1H3. The fourth-order valence-electron chi connectivity index (χ4n) is 3.37. The Morgan fingerprint density at radius 1 is 1.33 bits per heavy atom. The highest BCUT2D eigenvalue weighted by atomic mass is 35.5. The van der Waals surface area contributed by atoms with Gasteiger partial charge in [0, 0.05) is 22.2 Å². The molecule has 1 heterocycles. The van der Waals surface area contributed by atoms with Crippen LogP contribution in [0.3, 0.4) is 0 Å². The van der Waals surface area contributed by atoms with E-state index in [1.165, 1.54) is 36.9 Å². The lowest BCUT2D eigenvalue weighted by molar-refractivity contribution is 0.411. The quantitative estimate of drug-likeness (QED) is 0.699. The molecule has 15 heavy (non-hydrogen) atoms. The second-order valence-electron chi connectivity index (χ2n) is 4.92. The van der Waals surface area contributed by atoms with Gasteiger partial charge in [0.25, 0.3) is 0 Å². The second kappa shape index (κ2) is 3.15. The minimum Gasteiger partial charge on any atom is -0.381 e. The molecule has 0 amide bonds. The molecule has 0 radical (unpaired) electrons. The van der Waals surface area contributed by atoms with Crippen molar-refractivity contribution in [2.24, 2.45) is 0 Å². The van der Waals surface area contributed by atoms with E-state index in [2.05, 4.69) is 24.4 Å². The Labute approximate surface area is 95.8 Å². The van der Waals surface area contributed by atoms with Gasteiger partial charge in [0.2, 0.25) is 0 Å². The van der Waals surface area contributed by atoms with Gasteiger partial charge in [-0.05, 0) is 43.5 Å². The van der Waals surface area contributed by atoms with Gasteiger partial charge in [-0.1, -0.05) is 24.4 Å². The first-order chi connectivity index (χ1) is 7.22. The van der Waals surface area contributed by atoms with Crippen LogP contribution in [0, 0.1) is 0 Å². The number of benzene rings is 1. The van der Waals surface area contributed by atoms with Gasteiger partial charge in [0.1, 0.15) is 0 Å². The van der Waals surface area contributed by atoms with E-state index in [1.807, 2.05) is 6.07 Å². The van der Waals surface area contributed by atoms with Crippen molar-refractivity contribution in [2.45, 2.75) is 44.1 Å². The van der Waals surface area contributed by atoms with Gasteiger partial charge < -0.3 is 5.32 Å². The van der Waals surface area contributed by atoms with E-state index >= 15 is 0 Å². The van der Waals surface area contributed by atoms with Gasteiger partial charge in [0.05, 0.1) is 0 Å². The summed E-state index contributed by atoms with van der Waals surface area (Å²) in [6.07, 6.45) is 5.35. The lowest BCUT2D eigenvalue weighted by Crippen LogP contribution is -2.33. The monoisotopic (exact) mass is 221 g/mol. The summed E-state index contributed by atoms with van der Waals surface area (Å²) >= 11 is 6.10. The molecule has 0 bridgehead atoms. The summed E-state index contributed by atoms with van der Waals surface area (Å²) in [7, 11) is 0. The SMILES string of the molecule is CC1Nc2ccc(Cl)cc2C12CCCC2. The normalized spacial score (nSPS) is 26.7. The number of fused-ring (bicyclic) bond motifs is 2. The maximum Gasteiger partial charge on any atom is 0.0410 e. The first kappa shape index (κ1) is 9.53. The molecule has 3 rings (SSSR count). The predicted octanol–water partition coefficient (Wildman–Crippen LogP) is 3.97. The van der Waals surface area contributed by atoms with Gasteiger partial charge in [-0.25, -0.2) is 0 Å². The Balaban J connectivity index is 2.15. The first-order valence-corrected chi connectivity index (χ1v) is 6.17. The van der Waals surface area contributed by atoms with E-state index in [0.717, 1.165) is 5.02 Å². The summed E-state index contributed by atoms with van der Waals surface area (Å²) in [5.41, 5.74) is 3.13. The molecule has 2 heteroatoms. The molecule has 2 aliphatic rings. The molecule has 1 nitrogen and oxygen atoms in total. The molecule has 1 aromatic rings. The van der Waals surface area contributed by atoms with E-state index in [0.29, 0.717) is 11.5 Å². The maximum absolute atomic E-state index is 6.10. The smallest absolute Gasteiger partial charge is 0.0410 e. The third kappa shape index (κ3) is 1.22. The van der Waals surface area contributed by atoms with Gasteiger partial charge >= 0.3 is 0 Å². The molecule has 1 saturated carbocycles. The largest absolute Gasteiger partial charge is 0.381 e. The third-order valence-corrected chi connectivity index (χ3v) is 4.45. The molecule has 0 saturated heterocycles. The zero-order valence-electron chi connectivity index (χ0n) is 9.02. The topological polar surface area (TPSA) is 12.0 Å². The third-order valence-electron chi connectivity index (χ3n) is 4.21. The number of rotatable bonds is 0. The molecule has 1 N–H and O–H groups in total. The first-order valence-electron chi connectivity index (χ1n) is 5.79. The van der Waals surface area contributed by atoms with Crippen molar-refractivity contribution in [3.05, 3.63) is 28.8 Å². The lowest BCUT2D eigenvalue weighted by atomic mass is 9.76. The van der Waals surface area contributed by atoms with E-state index < -0.39 is 0 Å². The zero-order chi connectivity index (χ0) is 10.5. The summed E-state index contributed by atoms with van der Waals surface area (Å²) in [6, 6.07) is 6.84. The van der Waals surface area contributed by atoms with Gasteiger partial charge in [0.15, 0.2) is 0 Å². The molecule has 1 fully saturated rings. The van der Waals surface area contributed by atoms with E-state index in [4.69, 9.17) is 11.6 Å². The summed E-state index contributed by atoms with van der Waals surface area (Å²) in [5, 5.41) is 4.47. The maximum atomic E-state index is 6.10. The molecule has 1 spiro atoms. The molecule has 1 unspecified atom stereocenters. The number of halogens is 1. The molecule has 1 atom stereocenters. The summed E-state index contributed by atoms with van der Waals surface area (Å²) in [4.78, 5) is 0. The van der Waals surface area contributed by atoms with Crippen molar-refractivity contribution < 1.29 is 0 Å². The Morgan fingerprint density at radius 2 is 2.07 bits per heavy atom. The average molecular weight is 222 g/mol. The van der Waals surface area contributed by atoms with Crippen LogP contribution >= 0.6 is 11.6 Å². The van der Waals surface area contributed by atoms with Crippen LogP contribution in [-0.2, 0) is 5.41 Å². The summed E-state index contributed by atoms with van der Waals surface area (Å²) < 4.78 is 0. The Morgan fingerprint density at radius 3 is 2.80 bits per heavy atom. The lowest BCUT2D eigenvalue weighted by Gasteiger charge is -2.29. The van der Waals surface area contributed by atoms with Gasteiger partial charge in [-0.3, -0.25) is 0 Å². The van der Waals surface area contributed by atoms with Crippen LogP contribution in [0.1, 0.15) is 38.2 Å². The number of nitrogens with one attached hydrogen (secondary N) is 1. The second-order valence-corrected chi connectivity index (χ2v) is 5.36. The van der Waals surface area contributed by atoms with Crippen molar-refractivity contribution in [3.63, 3.8) is 0 Å².